The Morgan fingerprint density at radius 1 is 1.17 bits per heavy atom. The first-order valence-electron chi connectivity index (χ1n) is 10.2. The lowest BCUT2D eigenvalue weighted by Crippen LogP contribution is -2.44. The molecule has 2 aliphatic rings. The van der Waals surface area contributed by atoms with Crippen LogP contribution in [0.4, 0.5) is 5.69 Å². The van der Waals surface area contributed by atoms with E-state index in [0.717, 1.165) is 28.1 Å². The molecule has 2 aliphatic heterocycles. The molecule has 2 aromatic carbocycles. The summed E-state index contributed by atoms with van der Waals surface area (Å²) in [5.41, 5.74) is 2.81. The SMILES string of the molecule is COc1cccc(C2(O)CCN(CC(O)c3ccc4c(c3)CCC(=O)N4)CC2)c1. The fraction of sp³-hybridized carbons (Fsp3) is 0.435. The number of carbonyl (C=O) groups excluding carboxylic acids is 1. The van der Waals surface area contributed by atoms with Gasteiger partial charge in [-0.3, -0.25) is 4.79 Å². The zero-order chi connectivity index (χ0) is 20.4. The number of aryl methyl sites for hydroxylation is 1. The van der Waals surface area contributed by atoms with Crippen molar-refractivity contribution in [1.29, 1.82) is 0 Å². The summed E-state index contributed by atoms with van der Waals surface area (Å²) in [6.45, 7) is 1.96. The fourth-order valence-corrected chi connectivity index (χ4v) is 4.27. The van der Waals surface area contributed by atoms with Gasteiger partial charge in [0.1, 0.15) is 5.75 Å². The number of nitrogens with zero attached hydrogens (tertiary/aromatic N) is 1. The van der Waals surface area contributed by atoms with Gasteiger partial charge < -0.3 is 25.2 Å². The van der Waals surface area contributed by atoms with Gasteiger partial charge in [-0.1, -0.05) is 24.3 Å². The van der Waals surface area contributed by atoms with E-state index in [9.17, 15) is 15.0 Å². The van der Waals surface area contributed by atoms with Crippen LogP contribution in [0, 0.1) is 0 Å². The molecule has 2 aromatic rings. The third kappa shape index (κ3) is 4.29. The lowest BCUT2D eigenvalue weighted by Gasteiger charge is -2.39. The Morgan fingerprint density at radius 3 is 2.72 bits per heavy atom. The second kappa shape index (κ2) is 8.14. The topological polar surface area (TPSA) is 82.0 Å². The highest BCUT2D eigenvalue weighted by Crippen LogP contribution is 2.35. The number of methoxy groups -OCH3 is 1. The molecule has 1 fully saturated rings. The average Bonchev–Trinajstić information content (AvgIpc) is 2.75. The van der Waals surface area contributed by atoms with Crippen LogP contribution < -0.4 is 10.1 Å². The first kappa shape index (κ1) is 19.9. The standard InChI is InChI=1S/C23H28N2O4/c1-29-19-4-2-3-18(14-19)23(28)9-11-25(12-10-23)15-21(26)17-5-7-20-16(13-17)6-8-22(27)24-20/h2-5,7,13-14,21,26,28H,6,8-12,15H2,1H3,(H,24,27). The van der Waals surface area contributed by atoms with Crippen molar-refractivity contribution in [3.63, 3.8) is 0 Å². The van der Waals surface area contributed by atoms with Gasteiger partial charge >= 0.3 is 0 Å². The minimum atomic E-state index is -0.861. The minimum Gasteiger partial charge on any atom is -0.497 e. The van der Waals surface area contributed by atoms with Crippen LogP contribution in [0.1, 0.15) is 42.1 Å². The molecule has 0 radical (unpaired) electrons. The Labute approximate surface area is 171 Å². The van der Waals surface area contributed by atoms with Gasteiger partial charge in [-0.05, 0) is 54.2 Å². The number of hydrogen-bond acceptors (Lipinski definition) is 5. The predicted molar refractivity (Wildman–Crippen MR) is 111 cm³/mol. The largest absolute Gasteiger partial charge is 0.497 e. The molecule has 2 heterocycles. The number of fused-ring (bicyclic) bond motifs is 1. The van der Waals surface area contributed by atoms with Crippen molar-refractivity contribution in [3.05, 3.63) is 59.2 Å². The van der Waals surface area contributed by atoms with Crippen LogP contribution in [0.25, 0.3) is 0 Å². The number of ether oxygens (including phenoxy) is 1. The second-order valence-electron chi connectivity index (χ2n) is 8.04. The maximum atomic E-state index is 11.5. The number of likely N-dealkylation sites (tertiary alicyclic amines) is 1. The number of anilines is 1. The molecule has 29 heavy (non-hydrogen) atoms. The molecule has 4 rings (SSSR count). The molecule has 1 saturated heterocycles. The van der Waals surface area contributed by atoms with E-state index in [1.165, 1.54) is 0 Å². The van der Waals surface area contributed by atoms with Crippen molar-refractivity contribution in [2.45, 2.75) is 37.4 Å². The molecule has 0 spiro atoms. The van der Waals surface area contributed by atoms with Crippen molar-refractivity contribution in [1.82, 2.24) is 4.90 Å². The monoisotopic (exact) mass is 396 g/mol. The summed E-state index contributed by atoms with van der Waals surface area (Å²) in [7, 11) is 1.63. The highest BCUT2D eigenvalue weighted by Gasteiger charge is 2.34. The van der Waals surface area contributed by atoms with Gasteiger partial charge in [-0.15, -0.1) is 0 Å². The normalized spacial score (nSPS) is 19.9. The third-order valence-corrected chi connectivity index (χ3v) is 6.13. The first-order valence-corrected chi connectivity index (χ1v) is 10.2. The number of hydrogen-bond donors (Lipinski definition) is 3. The van der Waals surface area contributed by atoms with Crippen molar-refractivity contribution in [2.24, 2.45) is 0 Å². The van der Waals surface area contributed by atoms with E-state index in [1.807, 2.05) is 42.5 Å². The summed E-state index contributed by atoms with van der Waals surface area (Å²) >= 11 is 0. The summed E-state index contributed by atoms with van der Waals surface area (Å²) in [4.78, 5) is 13.7. The minimum absolute atomic E-state index is 0.0441. The smallest absolute Gasteiger partial charge is 0.224 e. The molecule has 0 aliphatic carbocycles. The molecule has 6 heteroatoms. The van der Waals surface area contributed by atoms with E-state index >= 15 is 0 Å². The number of amides is 1. The molecule has 1 unspecified atom stereocenters. The molecule has 0 saturated carbocycles. The van der Waals surface area contributed by atoms with E-state index in [-0.39, 0.29) is 5.91 Å². The number of nitrogens with one attached hydrogen (secondary N) is 1. The predicted octanol–water partition coefficient (Wildman–Crippen LogP) is 2.60. The van der Waals surface area contributed by atoms with Crippen LogP contribution in [0.2, 0.25) is 0 Å². The maximum Gasteiger partial charge on any atom is 0.224 e. The van der Waals surface area contributed by atoms with E-state index < -0.39 is 11.7 Å². The lowest BCUT2D eigenvalue weighted by atomic mass is 9.84. The van der Waals surface area contributed by atoms with Crippen LogP contribution in [-0.4, -0.2) is 47.8 Å². The summed E-state index contributed by atoms with van der Waals surface area (Å²) in [5, 5.41) is 24.7. The van der Waals surface area contributed by atoms with Gasteiger partial charge in [-0.2, -0.15) is 0 Å². The molecular weight excluding hydrogens is 368 g/mol. The Balaban J connectivity index is 1.37. The number of β-amino-alcohol motifs (C(OH)–C–C–N with tert-alkyl or cyclic N) is 1. The van der Waals surface area contributed by atoms with E-state index in [4.69, 9.17) is 4.74 Å². The van der Waals surface area contributed by atoms with Gasteiger partial charge in [-0.25, -0.2) is 0 Å². The quantitative estimate of drug-likeness (QED) is 0.724. The van der Waals surface area contributed by atoms with Crippen molar-refractivity contribution in [2.75, 3.05) is 32.1 Å². The molecule has 154 valence electrons. The van der Waals surface area contributed by atoms with Gasteiger partial charge in [0.25, 0.3) is 0 Å². The zero-order valence-electron chi connectivity index (χ0n) is 16.7. The van der Waals surface area contributed by atoms with Crippen LogP contribution in [0.15, 0.2) is 42.5 Å². The molecule has 0 aromatic heterocycles. The Hall–Kier alpha value is -2.41. The van der Waals surface area contributed by atoms with Crippen LogP contribution in [-0.2, 0) is 16.8 Å². The molecule has 0 bridgehead atoms. The number of carbonyl (C=O) groups is 1. The zero-order valence-corrected chi connectivity index (χ0v) is 16.7. The third-order valence-electron chi connectivity index (χ3n) is 6.13. The average molecular weight is 396 g/mol. The van der Waals surface area contributed by atoms with E-state index in [2.05, 4.69) is 10.2 Å². The summed E-state index contributed by atoms with van der Waals surface area (Å²) in [6, 6.07) is 13.4. The van der Waals surface area contributed by atoms with Crippen LogP contribution in [0.5, 0.6) is 5.75 Å². The number of aliphatic hydroxyl groups excluding tert-OH is 1. The summed E-state index contributed by atoms with van der Waals surface area (Å²) < 4.78 is 5.28. The number of benzene rings is 2. The molecule has 1 amide bonds. The molecule has 1 atom stereocenters. The molecular formula is C23H28N2O4. The van der Waals surface area contributed by atoms with Gasteiger partial charge in [0.05, 0.1) is 18.8 Å². The fourth-order valence-electron chi connectivity index (χ4n) is 4.27. The number of rotatable bonds is 5. The summed E-state index contributed by atoms with van der Waals surface area (Å²) in [5.74, 6) is 0.792. The van der Waals surface area contributed by atoms with Crippen molar-refractivity contribution in [3.8, 4) is 5.75 Å². The number of piperidine rings is 1. The summed E-state index contributed by atoms with van der Waals surface area (Å²) in [6.07, 6.45) is 1.83. The van der Waals surface area contributed by atoms with Gasteiger partial charge in [0.2, 0.25) is 5.91 Å². The number of aliphatic hydroxyl groups is 2. The lowest BCUT2D eigenvalue weighted by molar-refractivity contribution is -0.116. The molecule has 3 N–H and O–H groups in total. The van der Waals surface area contributed by atoms with Crippen LogP contribution >= 0.6 is 0 Å². The Bertz CT molecular complexity index is 890. The van der Waals surface area contributed by atoms with Gasteiger partial charge in [0, 0.05) is 31.7 Å². The van der Waals surface area contributed by atoms with Gasteiger partial charge in [0.15, 0.2) is 0 Å². The highest BCUT2D eigenvalue weighted by molar-refractivity contribution is 5.93. The van der Waals surface area contributed by atoms with Crippen molar-refractivity contribution >= 4 is 11.6 Å². The Kier molecular flexibility index (Phi) is 5.58. The van der Waals surface area contributed by atoms with Crippen LogP contribution in [0.3, 0.4) is 0 Å². The van der Waals surface area contributed by atoms with E-state index in [0.29, 0.717) is 45.3 Å². The highest BCUT2D eigenvalue weighted by atomic mass is 16.5. The molecule has 6 nitrogen and oxygen atoms in total. The second-order valence-corrected chi connectivity index (χ2v) is 8.04. The van der Waals surface area contributed by atoms with Crippen molar-refractivity contribution < 1.29 is 19.7 Å². The first-order chi connectivity index (χ1) is 14.0. The Morgan fingerprint density at radius 2 is 1.97 bits per heavy atom. The van der Waals surface area contributed by atoms with E-state index in [1.54, 1.807) is 7.11 Å². The maximum absolute atomic E-state index is 11.5.